The number of fused-ring (bicyclic) bond motifs is 4. The molecule has 0 saturated carbocycles. The van der Waals surface area contributed by atoms with Crippen LogP contribution < -0.4 is 10.7 Å². The quantitative estimate of drug-likeness (QED) is 0.141. The van der Waals surface area contributed by atoms with Crippen molar-refractivity contribution in [3.63, 3.8) is 0 Å². The number of aryl methyl sites for hydroxylation is 1. The van der Waals surface area contributed by atoms with Gasteiger partial charge in [0.05, 0.1) is 27.8 Å². The third-order valence-corrected chi connectivity index (χ3v) is 9.07. The topological polar surface area (TPSA) is 126 Å². The number of benzene rings is 5. The van der Waals surface area contributed by atoms with E-state index in [1.807, 2.05) is 60.7 Å². The molecular weight excluding hydrogens is 614 g/mol. The molecule has 0 bridgehead atoms. The van der Waals surface area contributed by atoms with Crippen LogP contribution >= 0.6 is 0 Å². The Balaban J connectivity index is 1.33. The van der Waals surface area contributed by atoms with Crippen LogP contribution in [0.25, 0.3) is 55.2 Å². The van der Waals surface area contributed by atoms with Gasteiger partial charge in [-0.05, 0) is 72.5 Å². The molecule has 0 atom stereocenters. The number of phenols is 1. The molecule has 0 unspecified atom stereocenters. The molecule has 8 nitrogen and oxygen atoms in total. The summed E-state index contributed by atoms with van der Waals surface area (Å²) in [7, 11) is 0. The lowest BCUT2D eigenvalue weighted by atomic mass is 9.87. The van der Waals surface area contributed by atoms with E-state index >= 15 is 0 Å². The summed E-state index contributed by atoms with van der Waals surface area (Å²) in [5.74, 6) is -0.733. The van der Waals surface area contributed by atoms with Crippen LogP contribution in [0, 0.1) is 0 Å². The first-order chi connectivity index (χ1) is 24.0. The van der Waals surface area contributed by atoms with Gasteiger partial charge in [-0.1, -0.05) is 60.7 Å². The lowest BCUT2D eigenvalue weighted by molar-refractivity contribution is 0.0697. The molecule has 8 heteroatoms. The van der Waals surface area contributed by atoms with Crippen LogP contribution in [-0.2, 0) is 19.4 Å². The van der Waals surface area contributed by atoms with Crippen molar-refractivity contribution in [2.24, 2.45) is 0 Å². The molecule has 0 spiro atoms. The van der Waals surface area contributed by atoms with E-state index in [9.17, 15) is 19.8 Å². The normalized spacial score (nSPS) is 11.4. The average Bonchev–Trinajstić information content (AvgIpc) is 3.13. The van der Waals surface area contributed by atoms with Crippen LogP contribution in [0.15, 0.2) is 131 Å². The van der Waals surface area contributed by atoms with Crippen molar-refractivity contribution < 1.29 is 19.4 Å². The summed E-state index contributed by atoms with van der Waals surface area (Å²) in [6.45, 7) is 0.169. The number of pyridine rings is 2. The molecule has 3 heterocycles. The molecule has 4 aromatic carbocycles. The van der Waals surface area contributed by atoms with Crippen molar-refractivity contribution in [1.82, 2.24) is 9.97 Å². The number of hydrogen-bond acceptors (Lipinski definition) is 7. The van der Waals surface area contributed by atoms with Crippen LogP contribution in [0.1, 0.15) is 27.0 Å². The fourth-order valence-electron chi connectivity index (χ4n) is 6.75. The molecule has 2 aliphatic rings. The summed E-state index contributed by atoms with van der Waals surface area (Å²) in [6, 6.07) is 32.9. The van der Waals surface area contributed by atoms with Crippen LogP contribution in [0.2, 0.25) is 0 Å². The predicted molar refractivity (Wildman–Crippen MR) is 191 cm³/mol. The Hall–Kier alpha value is -6.54. The van der Waals surface area contributed by atoms with Gasteiger partial charge < -0.3 is 19.9 Å². The molecule has 8 rings (SSSR count). The molecule has 1 aliphatic carbocycles. The van der Waals surface area contributed by atoms with Crippen molar-refractivity contribution in [3.05, 3.63) is 154 Å². The van der Waals surface area contributed by atoms with E-state index in [2.05, 4.69) is 15.3 Å². The summed E-state index contributed by atoms with van der Waals surface area (Å²) in [5, 5.41) is 27.5. The van der Waals surface area contributed by atoms with Gasteiger partial charge in [-0.25, -0.2) is 4.79 Å². The smallest absolute Gasteiger partial charge is 0.336 e. The molecule has 6 aromatic rings. The highest BCUT2D eigenvalue weighted by molar-refractivity contribution is 6.08. The molecule has 238 valence electrons. The Kier molecular flexibility index (Phi) is 7.45. The molecule has 49 heavy (non-hydrogen) atoms. The highest BCUT2D eigenvalue weighted by atomic mass is 16.4. The van der Waals surface area contributed by atoms with E-state index in [-0.39, 0.29) is 23.3 Å². The van der Waals surface area contributed by atoms with E-state index in [0.29, 0.717) is 57.4 Å². The van der Waals surface area contributed by atoms with E-state index in [1.54, 1.807) is 54.9 Å². The van der Waals surface area contributed by atoms with Gasteiger partial charge >= 0.3 is 5.97 Å². The Morgan fingerprint density at radius 1 is 0.714 bits per heavy atom. The number of aromatic hydroxyl groups is 1. The minimum atomic E-state index is -1.08. The van der Waals surface area contributed by atoms with Crippen molar-refractivity contribution in [2.75, 3.05) is 5.32 Å². The maximum atomic E-state index is 13.6. The lowest BCUT2D eigenvalue weighted by Crippen LogP contribution is -2.13. The second-order valence-electron chi connectivity index (χ2n) is 11.9. The van der Waals surface area contributed by atoms with Crippen LogP contribution in [0.5, 0.6) is 5.75 Å². The Bertz CT molecular complexity index is 2580. The second kappa shape index (κ2) is 12.2. The van der Waals surface area contributed by atoms with Gasteiger partial charge in [-0.15, -0.1) is 0 Å². The number of hydrogen-bond donors (Lipinski definition) is 3. The standard InChI is InChI=1S/C41H29N3O5/c45-34-19-17-30-36(27-12-1-2-13-28(27)41(47)48)31-18-20-35(46)32(23-44-33-14-4-9-25-11-6-22-43-38(25)33)40(31)49-39(30)29(34)16-15-26-8-3-7-24-10-5-21-42-37(24)26/h1-14,17-22,44,46H,15-16,23H2,(H,47,48). The van der Waals surface area contributed by atoms with Gasteiger partial charge in [0.2, 0.25) is 0 Å². The van der Waals surface area contributed by atoms with Gasteiger partial charge in [0.25, 0.3) is 0 Å². The number of nitrogens with zero attached hydrogens (tertiary/aromatic N) is 2. The molecule has 0 saturated heterocycles. The third-order valence-electron chi connectivity index (χ3n) is 9.07. The monoisotopic (exact) mass is 643 g/mol. The molecule has 2 aromatic heterocycles. The Labute approximate surface area is 280 Å². The zero-order valence-corrected chi connectivity index (χ0v) is 26.2. The first-order valence-electron chi connectivity index (χ1n) is 15.9. The van der Waals surface area contributed by atoms with Crippen LogP contribution in [-0.4, -0.2) is 26.2 Å². The van der Waals surface area contributed by atoms with Crippen molar-refractivity contribution >= 4 is 44.4 Å². The van der Waals surface area contributed by atoms with Gasteiger partial charge in [-0.3, -0.25) is 14.8 Å². The minimum absolute atomic E-state index is 0.00424. The molecule has 1 aliphatic heterocycles. The SMILES string of the molecule is O=C(O)c1ccccc1-c1c2ccc(=O)c(CCc3cccc4cccnc34)c-2oc2c(CNc3cccc4cccnc34)c(O)ccc12. The minimum Gasteiger partial charge on any atom is -0.507 e. The highest BCUT2D eigenvalue weighted by Gasteiger charge is 2.26. The molecular formula is C41H29N3O5. The average molecular weight is 644 g/mol. The maximum absolute atomic E-state index is 13.6. The number of carbonyl (C=O) groups is 1. The number of anilines is 1. The van der Waals surface area contributed by atoms with Crippen LogP contribution in [0.3, 0.4) is 0 Å². The van der Waals surface area contributed by atoms with E-state index < -0.39 is 5.97 Å². The van der Waals surface area contributed by atoms with Crippen molar-refractivity contribution in [2.45, 2.75) is 19.4 Å². The number of aromatic carboxylic acids is 1. The lowest BCUT2D eigenvalue weighted by Gasteiger charge is -2.21. The number of phenolic OH excluding ortho intramolecular Hbond substituents is 1. The highest BCUT2D eigenvalue weighted by Crippen LogP contribution is 2.45. The number of para-hydroxylation sites is 2. The fraction of sp³-hybridized carbons (Fsp3) is 0.0732. The first-order valence-corrected chi connectivity index (χ1v) is 15.9. The Morgan fingerprint density at radius 3 is 2.27 bits per heavy atom. The molecule has 0 radical (unpaired) electrons. The number of nitrogens with one attached hydrogen (secondary N) is 1. The third kappa shape index (κ3) is 5.29. The largest absolute Gasteiger partial charge is 0.507 e. The first kappa shape index (κ1) is 29.8. The molecule has 0 fully saturated rings. The predicted octanol–water partition coefficient (Wildman–Crippen LogP) is 8.46. The van der Waals surface area contributed by atoms with Crippen LogP contribution in [0.4, 0.5) is 5.69 Å². The fourth-order valence-corrected chi connectivity index (χ4v) is 6.75. The number of rotatable bonds is 8. The van der Waals surface area contributed by atoms with Gasteiger partial charge in [0.1, 0.15) is 17.1 Å². The summed E-state index contributed by atoms with van der Waals surface area (Å²) in [5.41, 5.74) is 6.31. The maximum Gasteiger partial charge on any atom is 0.336 e. The number of aromatic nitrogens is 2. The number of carboxylic acids is 1. The summed E-state index contributed by atoms with van der Waals surface area (Å²) < 4.78 is 6.71. The zero-order valence-electron chi connectivity index (χ0n) is 26.2. The summed E-state index contributed by atoms with van der Waals surface area (Å²) >= 11 is 0. The van der Waals surface area contributed by atoms with E-state index in [4.69, 9.17) is 4.42 Å². The second-order valence-corrected chi connectivity index (χ2v) is 11.9. The van der Waals surface area contributed by atoms with Crippen molar-refractivity contribution in [3.8, 4) is 28.2 Å². The van der Waals surface area contributed by atoms with Crippen molar-refractivity contribution in [1.29, 1.82) is 0 Å². The van der Waals surface area contributed by atoms with E-state index in [0.717, 1.165) is 33.1 Å². The summed E-state index contributed by atoms with van der Waals surface area (Å²) in [6.07, 6.45) is 4.37. The molecule has 0 amide bonds. The zero-order chi connectivity index (χ0) is 33.5. The van der Waals surface area contributed by atoms with Gasteiger partial charge in [-0.2, -0.15) is 0 Å². The Morgan fingerprint density at radius 2 is 1.45 bits per heavy atom. The van der Waals surface area contributed by atoms with Gasteiger partial charge in [0, 0.05) is 51.8 Å². The number of carboxylic acid groups (broad SMARTS) is 1. The molecule has 3 N–H and O–H groups in total. The summed E-state index contributed by atoms with van der Waals surface area (Å²) in [4.78, 5) is 35.3. The van der Waals surface area contributed by atoms with E-state index in [1.165, 1.54) is 6.07 Å². The van der Waals surface area contributed by atoms with Gasteiger partial charge in [0.15, 0.2) is 5.43 Å².